The first-order valence-electron chi connectivity index (χ1n) is 9.12. The molecule has 0 aliphatic carbocycles. The van der Waals surface area contributed by atoms with Gasteiger partial charge in [0.1, 0.15) is 5.01 Å². The minimum absolute atomic E-state index is 0.0323. The van der Waals surface area contributed by atoms with Crippen LogP contribution in [0.5, 0.6) is 0 Å². The zero-order valence-corrected chi connectivity index (χ0v) is 16.7. The van der Waals surface area contributed by atoms with Crippen LogP contribution in [0.25, 0.3) is 10.6 Å². The third-order valence-electron chi connectivity index (χ3n) is 4.40. The molecule has 140 valence electrons. The van der Waals surface area contributed by atoms with Crippen molar-refractivity contribution in [2.45, 2.75) is 27.2 Å². The minimum atomic E-state index is -0.0323. The molecule has 3 rings (SSSR count). The van der Waals surface area contributed by atoms with Gasteiger partial charge in [-0.2, -0.15) is 0 Å². The summed E-state index contributed by atoms with van der Waals surface area (Å²) in [6.45, 7) is 8.14. The maximum absolute atomic E-state index is 12.5. The Labute approximate surface area is 164 Å². The average Bonchev–Trinajstić information content (AvgIpc) is 3.05. The lowest BCUT2D eigenvalue weighted by molar-refractivity contribution is -0.115. The molecule has 6 heteroatoms. The zero-order chi connectivity index (χ0) is 19.2. The van der Waals surface area contributed by atoms with Gasteiger partial charge in [-0.05, 0) is 57.2 Å². The summed E-state index contributed by atoms with van der Waals surface area (Å²) in [7, 11) is 0. The Hall–Kier alpha value is -2.73. The van der Waals surface area contributed by atoms with E-state index in [1.807, 2.05) is 43.3 Å². The number of nitrogens with one attached hydrogen (secondary N) is 1. The molecule has 0 radical (unpaired) electrons. The molecule has 0 atom stereocenters. The molecule has 0 aliphatic rings. The minimum Gasteiger partial charge on any atom is -0.372 e. The molecule has 2 heterocycles. The summed E-state index contributed by atoms with van der Waals surface area (Å²) in [5.41, 5.74) is 3.85. The number of rotatable bonds is 7. The molecule has 0 unspecified atom stereocenters. The summed E-state index contributed by atoms with van der Waals surface area (Å²) in [6, 6.07) is 11.9. The topological polar surface area (TPSA) is 58.1 Å². The molecule has 0 spiro atoms. The number of aromatic nitrogens is 2. The van der Waals surface area contributed by atoms with Gasteiger partial charge in [-0.15, -0.1) is 11.3 Å². The number of anilines is 2. The number of thiazole rings is 1. The number of carbonyl (C=O) groups excluding carboxylic acids is 1. The number of aryl methyl sites for hydroxylation is 1. The highest BCUT2D eigenvalue weighted by Gasteiger charge is 2.13. The number of carbonyl (C=O) groups is 1. The van der Waals surface area contributed by atoms with Crippen molar-refractivity contribution in [1.29, 1.82) is 0 Å². The van der Waals surface area contributed by atoms with Crippen LogP contribution in [0.15, 0.2) is 48.8 Å². The van der Waals surface area contributed by atoms with E-state index in [2.05, 4.69) is 34.0 Å². The van der Waals surface area contributed by atoms with Crippen molar-refractivity contribution in [3.63, 3.8) is 0 Å². The number of pyridine rings is 1. The summed E-state index contributed by atoms with van der Waals surface area (Å²) in [6.07, 6.45) is 3.85. The molecule has 0 aliphatic heterocycles. The summed E-state index contributed by atoms with van der Waals surface area (Å²) in [5.74, 6) is -0.0323. The van der Waals surface area contributed by atoms with Gasteiger partial charge in [0.25, 0.3) is 0 Å². The van der Waals surface area contributed by atoms with Crippen molar-refractivity contribution in [2.75, 3.05) is 23.3 Å². The van der Waals surface area contributed by atoms with Gasteiger partial charge >= 0.3 is 0 Å². The highest BCUT2D eigenvalue weighted by molar-refractivity contribution is 7.15. The van der Waals surface area contributed by atoms with Crippen LogP contribution in [0.2, 0.25) is 0 Å². The third-order valence-corrected chi connectivity index (χ3v) is 5.61. The summed E-state index contributed by atoms with van der Waals surface area (Å²) < 4.78 is 0. The molecule has 1 aromatic carbocycles. The molecule has 0 fully saturated rings. The molecule has 3 aromatic rings. The lowest BCUT2D eigenvalue weighted by Gasteiger charge is -2.21. The number of benzene rings is 1. The average molecular weight is 381 g/mol. The quantitative estimate of drug-likeness (QED) is 0.654. The summed E-state index contributed by atoms with van der Waals surface area (Å²) in [5, 5.41) is 3.87. The molecule has 0 bridgehead atoms. The van der Waals surface area contributed by atoms with Crippen molar-refractivity contribution in [3.8, 4) is 10.6 Å². The van der Waals surface area contributed by atoms with Crippen molar-refractivity contribution >= 4 is 28.6 Å². The van der Waals surface area contributed by atoms with E-state index in [-0.39, 0.29) is 5.91 Å². The van der Waals surface area contributed by atoms with Crippen LogP contribution >= 0.6 is 11.3 Å². The first kappa shape index (κ1) is 19.0. The maximum atomic E-state index is 12.5. The fourth-order valence-electron chi connectivity index (χ4n) is 2.90. The predicted octanol–water partition coefficient (Wildman–Crippen LogP) is 4.54. The maximum Gasteiger partial charge on any atom is 0.229 e. The van der Waals surface area contributed by atoms with E-state index >= 15 is 0 Å². The third kappa shape index (κ3) is 4.71. The molecule has 1 N–H and O–H groups in total. The van der Waals surface area contributed by atoms with Crippen LogP contribution in [-0.2, 0) is 11.2 Å². The highest BCUT2D eigenvalue weighted by atomic mass is 32.1. The Balaban J connectivity index is 1.65. The standard InChI is InChI=1S/C21H24N4OS/c1-4-25(5-2)18-10-8-17(9-11-18)24-20(26)13-19-15(3)23-21(27-19)16-7-6-12-22-14-16/h6-12,14H,4-5,13H2,1-3H3,(H,24,26). The van der Waals surface area contributed by atoms with Gasteiger partial charge in [0.2, 0.25) is 5.91 Å². The molecular formula is C21H24N4OS. The Morgan fingerprint density at radius 2 is 1.89 bits per heavy atom. The van der Waals surface area contributed by atoms with Gasteiger partial charge < -0.3 is 10.2 Å². The van der Waals surface area contributed by atoms with E-state index in [0.717, 1.165) is 45.6 Å². The molecule has 5 nitrogen and oxygen atoms in total. The van der Waals surface area contributed by atoms with E-state index in [0.29, 0.717) is 6.42 Å². The number of hydrogen-bond acceptors (Lipinski definition) is 5. The lowest BCUT2D eigenvalue weighted by Crippen LogP contribution is -2.21. The van der Waals surface area contributed by atoms with Crippen LogP contribution in [0.4, 0.5) is 11.4 Å². The van der Waals surface area contributed by atoms with Gasteiger partial charge in [0.15, 0.2) is 0 Å². The molecule has 2 aromatic heterocycles. The van der Waals surface area contributed by atoms with Gasteiger partial charge in [-0.25, -0.2) is 4.98 Å². The smallest absolute Gasteiger partial charge is 0.229 e. The first-order chi connectivity index (χ1) is 13.1. The molecule has 27 heavy (non-hydrogen) atoms. The van der Waals surface area contributed by atoms with Crippen molar-refractivity contribution in [1.82, 2.24) is 9.97 Å². The van der Waals surface area contributed by atoms with Crippen LogP contribution in [0.3, 0.4) is 0 Å². The Morgan fingerprint density at radius 3 is 2.52 bits per heavy atom. The Morgan fingerprint density at radius 1 is 1.15 bits per heavy atom. The first-order valence-corrected chi connectivity index (χ1v) is 9.94. The highest BCUT2D eigenvalue weighted by Crippen LogP contribution is 2.28. The molecule has 1 amide bonds. The second-order valence-corrected chi connectivity index (χ2v) is 7.30. The second kappa shape index (κ2) is 8.77. The van der Waals surface area contributed by atoms with Gasteiger partial charge in [-0.1, -0.05) is 0 Å². The van der Waals surface area contributed by atoms with Crippen molar-refractivity contribution < 1.29 is 4.79 Å². The van der Waals surface area contributed by atoms with Gasteiger partial charge in [0.05, 0.1) is 12.1 Å². The monoisotopic (exact) mass is 380 g/mol. The van der Waals surface area contributed by atoms with Crippen molar-refractivity contribution in [3.05, 3.63) is 59.4 Å². The van der Waals surface area contributed by atoms with E-state index in [1.165, 1.54) is 0 Å². The lowest BCUT2D eigenvalue weighted by atomic mass is 10.2. The van der Waals surface area contributed by atoms with Crippen LogP contribution in [0, 0.1) is 6.92 Å². The zero-order valence-electron chi connectivity index (χ0n) is 15.9. The molecule has 0 saturated heterocycles. The fourth-order valence-corrected chi connectivity index (χ4v) is 3.95. The van der Waals surface area contributed by atoms with Crippen molar-refractivity contribution in [2.24, 2.45) is 0 Å². The van der Waals surface area contributed by atoms with Crippen LogP contribution in [0.1, 0.15) is 24.4 Å². The van der Waals surface area contributed by atoms with E-state index in [4.69, 9.17) is 0 Å². The van der Waals surface area contributed by atoms with E-state index < -0.39 is 0 Å². The Kier molecular flexibility index (Phi) is 6.19. The largest absolute Gasteiger partial charge is 0.372 e. The van der Waals surface area contributed by atoms with Crippen LogP contribution < -0.4 is 10.2 Å². The van der Waals surface area contributed by atoms with Gasteiger partial charge in [0, 0.05) is 47.3 Å². The number of nitrogens with zero attached hydrogens (tertiary/aromatic N) is 3. The number of amides is 1. The predicted molar refractivity (Wildman–Crippen MR) is 112 cm³/mol. The van der Waals surface area contributed by atoms with Gasteiger partial charge in [-0.3, -0.25) is 9.78 Å². The molecular weight excluding hydrogens is 356 g/mol. The second-order valence-electron chi connectivity index (χ2n) is 6.21. The van der Waals surface area contributed by atoms with Crippen LogP contribution in [-0.4, -0.2) is 29.0 Å². The SMILES string of the molecule is CCN(CC)c1ccc(NC(=O)Cc2sc(-c3cccnc3)nc2C)cc1. The summed E-state index contributed by atoms with van der Waals surface area (Å²) in [4.78, 5) is 24.4. The number of hydrogen-bond donors (Lipinski definition) is 1. The van der Waals surface area contributed by atoms with E-state index in [1.54, 1.807) is 23.7 Å². The normalized spacial score (nSPS) is 10.6. The fraction of sp³-hybridized carbons (Fsp3) is 0.286. The van der Waals surface area contributed by atoms with E-state index in [9.17, 15) is 4.79 Å². The summed E-state index contributed by atoms with van der Waals surface area (Å²) >= 11 is 1.55. The molecule has 0 saturated carbocycles. The Bertz CT molecular complexity index is 886.